The van der Waals surface area contributed by atoms with Crippen LogP contribution in [0.5, 0.6) is 0 Å². The van der Waals surface area contributed by atoms with Crippen LogP contribution >= 0.6 is 0 Å². The average molecular weight is 429 g/mol. The number of rotatable bonds is 6. The lowest BCUT2D eigenvalue weighted by atomic mass is 9.49. The molecule has 0 saturated heterocycles. The average Bonchev–Trinajstić information content (AvgIpc) is 3.05. The predicted molar refractivity (Wildman–Crippen MR) is 129 cm³/mol. The van der Waals surface area contributed by atoms with Gasteiger partial charge in [0.25, 0.3) is 0 Å². The summed E-state index contributed by atoms with van der Waals surface area (Å²) in [5.74, 6) is 4.03. The second-order valence-electron chi connectivity index (χ2n) is 12.7. The molecular weight excluding hydrogens is 380 g/mol. The molecule has 0 heterocycles. The first-order valence-electron chi connectivity index (χ1n) is 13.5. The summed E-state index contributed by atoms with van der Waals surface area (Å²) in [6.07, 6.45) is 16.0. The van der Waals surface area contributed by atoms with E-state index >= 15 is 0 Å². The van der Waals surface area contributed by atoms with Crippen molar-refractivity contribution >= 4 is 5.97 Å². The van der Waals surface area contributed by atoms with E-state index in [0.29, 0.717) is 10.8 Å². The Balaban J connectivity index is 1.50. The van der Waals surface area contributed by atoms with Crippen molar-refractivity contribution in [1.82, 2.24) is 0 Å². The van der Waals surface area contributed by atoms with Gasteiger partial charge in [-0.1, -0.05) is 65.0 Å². The molecule has 0 aromatic heterocycles. The number of esters is 1. The normalized spacial score (nSPS) is 40.9. The summed E-state index contributed by atoms with van der Waals surface area (Å²) in [5, 5.41) is 0. The van der Waals surface area contributed by atoms with Gasteiger partial charge in [0.1, 0.15) is 6.10 Å². The summed E-state index contributed by atoms with van der Waals surface area (Å²) in [6, 6.07) is 0. The molecule has 2 heteroatoms. The van der Waals surface area contributed by atoms with E-state index in [1.54, 1.807) is 6.92 Å². The molecule has 3 fully saturated rings. The summed E-state index contributed by atoms with van der Waals surface area (Å²) in [5.41, 5.74) is 4.71. The summed E-state index contributed by atoms with van der Waals surface area (Å²) in [7, 11) is 0. The third-order valence-electron chi connectivity index (χ3n) is 10.5. The van der Waals surface area contributed by atoms with Gasteiger partial charge in [0.15, 0.2) is 0 Å². The molecule has 3 saturated carbocycles. The highest BCUT2D eigenvalue weighted by Crippen LogP contribution is 2.66. The molecule has 31 heavy (non-hydrogen) atoms. The number of ether oxygens (including phenoxy) is 1. The minimum absolute atomic E-state index is 0.0971. The predicted octanol–water partition coefficient (Wildman–Crippen LogP) is 8.10. The van der Waals surface area contributed by atoms with Crippen molar-refractivity contribution < 1.29 is 9.53 Å². The van der Waals surface area contributed by atoms with Crippen LogP contribution in [0.15, 0.2) is 11.1 Å². The molecule has 2 nitrogen and oxygen atoms in total. The van der Waals surface area contributed by atoms with Crippen LogP contribution in [-0.2, 0) is 9.53 Å². The van der Waals surface area contributed by atoms with E-state index in [-0.39, 0.29) is 12.1 Å². The Morgan fingerprint density at radius 2 is 1.81 bits per heavy atom. The third-order valence-corrected chi connectivity index (χ3v) is 10.5. The van der Waals surface area contributed by atoms with Crippen molar-refractivity contribution in [2.45, 2.75) is 125 Å². The number of carbonyl (C=O) groups is 1. The van der Waals surface area contributed by atoms with Crippen LogP contribution in [0.2, 0.25) is 0 Å². The summed E-state index contributed by atoms with van der Waals surface area (Å²) in [6.45, 7) is 14.1. The maximum Gasteiger partial charge on any atom is 0.302 e. The lowest BCUT2D eigenvalue weighted by molar-refractivity contribution is -0.152. The Morgan fingerprint density at radius 1 is 1.03 bits per heavy atom. The molecule has 4 aliphatic carbocycles. The molecule has 0 aromatic carbocycles. The minimum atomic E-state index is -0.0971. The quantitative estimate of drug-likeness (QED) is 0.315. The van der Waals surface area contributed by atoms with Gasteiger partial charge in [-0.25, -0.2) is 0 Å². The smallest absolute Gasteiger partial charge is 0.302 e. The van der Waals surface area contributed by atoms with Crippen LogP contribution in [0.25, 0.3) is 0 Å². The van der Waals surface area contributed by atoms with Crippen LogP contribution in [0.3, 0.4) is 0 Å². The molecule has 0 radical (unpaired) electrons. The number of allylic oxidation sites excluding steroid dienone is 2. The van der Waals surface area contributed by atoms with Gasteiger partial charge in [-0.2, -0.15) is 0 Å². The Hall–Kier alpha value is -0.790. The van der Waals surface area contributed by atoms with Crippen LogP contribution in [0.1, 0.15) is 119 Å². The van der Waals surface area contributed by atoms with Gasteiger partial charge < -0.3 is 4.74 Å². The first kappa shape index (κ1) is 23.4. The zero-order valence-electron chi connectivity index (χ0n) is 21.3. The van der Waals surface area contributed by atoms with Gasteiger partial charge in [-0.15, -0.1) is 0 Å². The van der Waals surface area contributed by atoms with Crippen molar-refractivity contribution in [3.63, 3.8) is 0 Å². The summed E-state index contributed by atoms with van der Waals surface area (Å²) >= 11 is 0. The van der Waals surface area contributed by atoms with Crippen LogP contribution in [0.4, 0.5) is 0 Å². The molecule has 7 atom stereocenters. The van der Waals surface area contributed by atoms with E-state index in [0.717, 1.165) is 42.4 Å². The number of hydrogen-bond acceptors (Lipinski definition) is 2. The van der Waals surface area contributed by atoms with Crippen molar-refractivity contribution in [3.05, 3.63) is 11.1 Å². The second-order valence-corrected chi connectivity index (χ2v) is 12.7. The first-order chi connectivity index (χ1) is 14.6. The molecule has 0 aliphatic heterocycles. The van der Waals surface area contributed by atoms with Gasteiger partial charge in [-0.3, -0.25) is 4.79 Å². The first-order valence-corrected chi connectivity index (χ1v) is 13.5. The number of fused-ring (bicyclic) bond motifs is 4. The van der Waals surface area contributed by atoms with Gasteiger partial charge in [0.05, 0.1) is 0 Å². The topological polar surface area (TPSA) is 26.3 Å². The van der Waals surface area contributed by atoms with Crippen LogP contribution in [-0.4, -0.2) is 12.1 Å². The SMILES string of the molecule is CC(=O)O[C@H]1CC[C@@]2(C)[C@@H](CCC3=C4CC[C@H]([C@H](C)CCCC(C)C)[C@@]4(C)CC[C@H]32)C1. The lowest BCUT2D eigenvalue weighted by Gasteiger charge is -2.57. The zero-order valence-corrected chi connectivity index (χ0v) is 21.3. The molecule has 176 valence electrons. The van der Waals surface area contributed by atoms with Crippen molar-refractivity contribution in [2.24, 2.45) is 40.4 Å². The molecule has 0 bridgehead atoms. The highest BCUT2D eigenvalue weighted by atomic mass is 16.5. The van der Waals surface area contributed by atoms with E-state index in [1.807, 2.05) is 11.1 Å². The van der Waals surface area contributed by atoms with Gasteiger partial charge in [0, 0.05) is 6.92 Å². The lowest BCUT2D eigenvalue weighted by Crippen LogP contribution is -2.48. The fourth-order valence-electron chi connectivity index (χ4n) is 8.79. The van der Waals surface area contributed by atoms with Gasteiger partial charge in [-0.05, 0) is 98.2 Å². The molecule has 4 rings (SSSR count). The van der Waals surface area contributed by atoms with E-state index in [9.17, 15) is 4.79 Å². The van der Waals surface area contributed by atoms with Crippen LogP contribution < -0.4 is 0 Å². The standard InChI is InChI=1S/C29H48O2/c1-19(2)8-7-9-20(3)25-12-13-26-24-11-10-22-18-23(31-21(4)30)14-16-28(22,5)27(24)15-17-29(25,26)6/h19-20,22-23,25,27H,7-18H2,1-6H3/t20-,22+,23+,25-,27-,28+,29-/m1/s1. The van der Waals surface area contributed by atoms with E-state index in [1.165, 1.54) is 64.2 Å². The Kier molecular flexibility index (Phi) is 6.68. The highest BCUT2D eigenvalue weighted by Gasteiger charge is 2.55. The van der Waals surface area contributed by atoms with Crippen molar-refractivity contribution in [3.8, 4) is 0 Å². The minimum Gasteiger partial charge on any atom is -0.463 e. The Labute approximate surface area is 192 Å². The molecule has 0 aromatic rings. The zero-order chi connectivity index (χ0) is 22.4. The number of hydrogen-bond donors (Lipinski definition) is 0. The maximum absolute atomic E-state index is 11.5. The molecule has 0 N–H and O–H groups in total. The Morgan fingerprint density at radius 3 is 2.52 bits per heavy atom. The van der Waals surface area contributed by atoms with Gasteiger partial charge >= 0.3 is 5.97 Å². The molecular formula is C29H48O2. The third kappa shape index (κ3) is 4.26. The largest absolute Gasteiger partial charge is 0.463 e. The van der Waals surface area contributed by atoms with Crippen molar-refractivity contribution in [1.29, 1.82) is 0 Å². The monoisotopic (exact) mass is 428 g/mol. The number of carbonyl (C=O) groups excluding carboxylic acids is 1. The molecule has 0 amide bonds. The summed E-state index contributed by atoms with van der Waals surface area (Å²) < 4.78 is 5.64. The van der Waals surface area contributed by atoms with Gasteiger partial charge in [0.2, 0.25) is 0 Å². The Bertz CT molecular complexity index is 706. The van der Waals surface area contributed by atoms with Crippen LogP contribution in [0, 0.1) is 40.4 Å². The molecule has 0 spiro atoms. The second kappa shape index (κ2) is 8.86. The fraction of sp³-hybridized carbons (Fsp3) is 0.897. The van der Waals surface area contributed by atoms with E-state index in [4.69, 9.17) is 4.74 Å². The highest BCUT2D eigenvalue weighted by molar-refractivity contribution is 5.66. The van der Waals surface area contributed by atoms with E-state index in [2.05, 4.69) is 34.6 Å². The summed E-state index contributed by atoms with van der Waals surface area (Å²) in [4.78, 5) is 11.5. The molecule has 4 aliphatic rings. The molecule has 0 unspecified atom stereocenters. The van der Waals surface area contributed by atoms with E-state index < -0.39 is 0 Å². The maximum atomic E-state index is 11.5. The fourth-order valence-corrected chi connectivity index (χ4v) is 8.79. The van der Waals surface area contributed by atoms with Crippen molar-refractivity contribution in [2.75, 3.05) is 0 Å².